The zero-order chi connectivity index (χ0) is 13.2. The Morgan fingerprint density at radius 2 is 2.11 bits per heavy atom. The number of nitrogens with zero attached hydrogens (tertiary/aromatic N) is 2. The lowest BCUT2D eigenvalue weighted by Crippen LogP contribution is -2.14. The molecule has 19 heavy (non-hydrogen) atoms. The van der Waals surface area contributed by atoms with E-state index in [1.165, 1.54) is 24.0 Å². The first-order chi connectivity index (χ1) is 9.24. The van der Waals surface area contributed by atoms with Gasteiger partial charge in [-0.25, -0.2) is 0 Å². The van der Waals surface area contributed by atoms with Crippen molar-refractivity contribution in [3.63, 3.8) is 0 Å². The highest BCUT2D eigenvalue weighted by molar-refractivity contribution is 5.25. The molecule has 0 bridgehead atoms. The van der Waals surface area contributed by atoms with E-state index >= 15 is 0 Å². The third kappa shape index (κ3) is 2.84. The van der Waals surface area contributed by atoms with Gasteiger partial charge in [-0.3, -0.25) is 0 Å². The molecule has 1 aliphatic rings. The number of rotatable bonds is 5. The lowest BCUT2D eigenvalue weighted by atomic mass is 10.0. The Morgan fingerprint density at radius 1 is 1.32 bits per heavy atom. The Hall–Kier alpha value is -1.68. The fourth-order valence-corrected chi connectivity index (χ4v) is 2.30. The van der Waals surface area contributed by atoms with Crippen LogP contribution in [-0.4, -0.2) is 10.1 Å². The largest absolute Gasteiger partial charge is 0.339 e. The summed E-state index contributed by atoms with van der Waals surface area (Å²) in [6.45, 7) is 2.12. The maximum atomic E-state index is 6.06. The van der Waals surface area contributed by atoms with Gasteiger partial charge in [-0.2, -0.15) is 4.98 Å². The van der Waals surface area contributed by atoms with Crippen LogP contribution in [0.4, 0.5) is 0 Å². The number of nitrogens with two attached hydrogens (primary N) is 1. The van der Waals surface area contributed by atoms with E-state index in [1.807, 2.05) is 0 Å². The van der Waals surface area contributed by atoms with Gasteiger partial charge in [-0.1, -0.05) is 29.4 Å². The van der Waals surface area contributed by atoms with Gasteiger partial charge >= 0.3 is 0 Å². The van der Waals surface area contributed by atoms with Crippen molar-refractivity contribution in [3.05, 3.63) is 47.1 Å². The van der Waals surface area contributed by atoms with Gasteiger partial charge in [0.2, 0.25) is 5.89 Å². The quantitative estimate of drug-likeness (QED) is 0.894. The maximum Gasteiger partial charge on any atom is 0.227 e. The molecule has 4 heteroatoms. The predicted octanol–water partition coefficient (Wildman–Crippen LogP) is 2.57. The molecule has 1 saturated carbocycles. The van der Waals surface area contributed by atoms with Gasteiger partial charge in [-0.15, -0.1) is 0 Å². The van der Waals surface area contributed by atoms with Crippen LogP contribution < -0.4 is 5.73 Å². The summed E-state index contributed by atoms with van der Waals surface area (Å²) >= 11 is 0. The Labute approximate surface area is 113 Å². The monoisotopic (exact) mass is 257 g/mol. The molecule has 0 saturated heterocycles. The average Bonchev–Trinajstić information content (AvgIpc) is 3.16. The van der Waals surface area contributed by atoms with Crippen LogP contribution >= 0.6 is 0 Å². The first kappa shape index (κ1) is 12.4. The van der Waals surface area contributed by atoms with Crippen molar-refractivity contribution < 1.29 is 4.52 Å². The van der Waals surface area contributed by atoms with Crippen LogP contribution in [0.1, 0.15) is 41.7 Å². The number of hydrogen-bond donors (Lipinski definition) is 1. The van der Waals surface area contributed by atoms with E-state index in [4.69, 9.17) is 10.3 Å². The molecule has 1 atom stereocenters. The molecule has 1 aliphatic carbocycles. The molecule has 0 radical (unpaired) electrons. The lowest BCUT2D eigenvalue weighted by molar-refractivity contribution is 0.367. The van der Waals surface area contributed by atoms with E-state index in [1.54, 1.807) is 0 Å². The van der Waals surface area contributed by atoms with Crippen molar-refractivity contribution in [2.45, 2.75) is 38.6 Å². The summed E-state index contributed by atoms with van der Waals surface area (Å²) < 4.78 is 5.28. The molecule has 1 fully saturated rings. The maximum absolute atomic E-state index is 6.06. The van der Waals surface area contributed by atoms with E-state index < -0.39 is 0 Å². The Kier molecular flexibility index (Phi) is 3.34. The normalized spacial score (nSPS) is 16.5. The SMILES string of the molecule is Cc1ccccc1CCc1nc(C(N)C2CC2)no1. The van der Waals surface area contributed by atoms with Gasteiger partial charge in [0.05, 0.1) is 6.04 Å². The number of hydrogen-bond acceptors (Lipinski definition) is 4. The van der Waals surface area contributed by atoms with E-state index in [2.05, 4.69) is 41.3 Å². The Morgan fingerprint density at radius 3 is 2.84 bits per heavy atom. The first-order valence-corrected chi connectivity index (χ1v) is 6.86. The van der Waals surface area contributed by atoms with Crippen molar-refractivity contribution >= 4 is 0 Å². The average molecular weight is 257 g/mol. The molecule has 1 heterocycles. The smallest absolute Gasteiger partial charge is 0.227 e. The highest BCUT2D eigenvalue weighted by atomic mass is 16.5. The summed E-state index contributed by atoms with van der Waals surface area (Å²) in [5.41, 5.74) is 8.69. The number of benzene rings is 1. The standard InChI is InChI=1S/C15H19N3O/c1-10-4-2-3-5-11(10)8-9-13-17-15(18-19-13)14(16)12-6-7-12/h2-5,12,14H,6-9,16H2,1H3. The molecular formula is C15H19N3O. The highest BCUT2D eigenvalue weighted by Crippen LogP contribution is 2.38. The third-order valence-electron chi connectivity index (χ3n) is 3.78. The summed E-state index contributed by atoms with van der Waals surface area (Å²) in [7, 11) is 0. The summed E-state index contributed by atoms with van der Waals surface area (Å²) in [5, 5.41) is 4.00. The summed E-state index contributed by atoms with van der Waals surface area (Å²) in [5.74, 6) is 1.92. The minimum atomic E-state index is -0.0454. The Bertz CT molecular complexity index is 560. The van der Waals surface area contributed by atoms with Crippen LogP contribution in [0.5, 0.6) is 0 Å². The minimum Gasteiger partial charge on any atom is -0.339 e. The predicted molar refractivity (Wildman–Crippen MR) is 72.5 cm³/mol. The van der Waals surface area contributed by atoms with Crippen LogP contribution in [0, 0.1) is 12.8 Å². The molecule has 1 unspecified atom stereocenters. The summed E-state index contributed by atoms with van der Waals surface area (Å²) in [6, 6.07) is 8.33. The molecule has 0 amide bonds. The van der Waals surface area contributed by atoms with Crippen LogP contribution in [0.3, 0.4) is 0 Å². The van der Waals surface area contributed by atoms with Crippen LogP contribution in [-0.2, 0) is 12.8 Å². The molecule has 100 valence electrons. The van der Waals surface area contributed by atoms with Crippen molar-refractivity contribution in [2.24, 2.45) is 11.7 Å². The molecular weight excluding hydrogens is 238 g/mol. The van der Waals surface area contributed by atoms with E-state index in [9.17, 15) is 0 Å². The molecule has 0 aliphatic heterocycles. The molecule has 4 nitrogen and oxygen atoms in total. The molecule has 0 spiro atoms. The molecule has 2 N–H and O–H groups in total. The molecule has 1 aromatic carbocycles. The second-order valence-corrected chi connectivity index (χ2v) is 5.34. The van der Waals surface area contributed by atoms with E-state index in [0.717, 1.165) is 12.8 Å². The second-order valence-electron chi connectivity index (χ2n) is 5.34. The van der Waals surface area contributed by atoms with Crippen molar-refractivity contribution in [1.29, 1.82) is 0 Å². The van der Waals surface area contributed by atoms with Gasteiger partial charge in [0.15, 0.2) is 5.82 Å². The van der Waals surface area contributed by atoms with Crippen molar-refractivity contribution in [1.82, 2.24) is 10.1 Å². The second kappa shape index (κ2) is 5.13. The fraction of sp³-hybridized carbons (Fsp3) is 0.467. The van der Waals surface area contributed by atoms with Crippen LogP contribution in [0.2, 0.25) is 0 Å². The van der Waals surface area contributed by atoms with E-state index in [0.29, 0.717) is 17.6 Å². The molecule has 1 aromatic heterocycles. The van der Waals surface area contributed by atoms with Gasteiger partial charge in [0.25, 0.3) is 0 Å². The first-order valence-electron chi connectivity index (χ1n) is 6.86. The van der Waals surface area contributed by atoms with Crippen LogP contribution in [0.15, 0.2) is 28.8 Å². The third-order valence-corrected chi connectivity index (χ3v) is 3.78. The molecule has 2 aromatic rings. The lowest BCUT2D eigenvalue weighted by Gasteiger charge is -2.03. The zero-order valence-electron chi connectivity index (χ0n) is 11.2. The van der Waals surface area contributed by atoms with Crippen molar-refractivity contribution in [3.8, 4) is 0 Å². The Balaban J connectivity index is 1.62. The zero-order valence-corrected chi connectivity index (χ0v) is 11.2. The summed E-state index contributed by atoms with van der Waals surface area (Å²) in [4.78, 5) is 4.41. The highest BCUT2D eigenvalue weighted by Gasteiger charge is 2.32. The molecule has 3 rings (SSSR count). The van der Waals surface area contributed by atoms with E-state index in [-0.39, 0.29) is 6.04 Å². The van der Waals surface area contributed by atoms with Gasteiger partial charge in [0, 0.05) is 6.42 Å². The van der Waals surface area contributed by atoms with Crippen LogP contribution in [0.25, 0.3) is 0 Å². The van der Waals surface area contributed by atoms with Crippen molar-refractivity contribution in [2.75, 3.05) is 0 Å². The topological polar surface area (TPSA) is 64.9 Å². The fourth-order valence-electron chi connectivity index (χ4n) is 2.30. The summed E-state index contributed by atoms with van der Waals surface area (Å²) in [6.07, 6.45) is 4.07. The number of aromatic nitrogens is 2. The van der Waals surface area contributed by atoms with Gasteiger partial charge < -0.3 is 10.3 Å². The minimum absolute atomic E-state index is 0.0454. The van der Waals surface area contributed by atoms with Gasteiger partial charge in [-0.05, 0) is 43.2 Å². The van der Waals surface area contributed by atoms with Gasteiger partial charge in [0.1, 0.15) is 0 Å². The number of aryl methyl sites for hydroxylation is 3.